The number of aromatic nitrogens is 4. The van der Waals surface area contributed by atoms with Gasteiger partial charge in [-0.25, -0.2) is 9.18 Å². The van der Waals surface area contributed by atoms with E-state index in [0.717, 1.165) is 43.4 Å². The molecule has 1 saturated heterocycles. The number of carbonyl (C=O) groups is 1. The molecular weight excluding hydrogens is 585 g/mol. The number of alkyl halides is 6. The molecule has 1 aliphatic rings. The molecule has 8 nitrogen and oxygen atoms in total. The maximum absolute atomic E-state index is 14.1. The highest BCUT2D eigenvalue weighted by atomic mass is 19.4. The van der Waals surface area contributed by atoms with Gasteiger partial charge in [0, 0.05) is 49.3 Å². The van der Waals surface area contributed by atoms with Crippen molar-refractivity contribution in [1.82, 2.24) is 24.9 Å². The zero-order valence-corrected chi connectivity index (χ0v) is 22.2. The van der Waals surface area contributed by atoms with E-state index in [4.69, 9.17) is 4.74 Å². The molecular formula is C28H21F7N6O2. The van der Waals surface area contributed by atoms with Crippen LogP contribution in [0.4, 0.5) is 41.2 Å². The second-order valence-corrected chi connectivity index (χ2v) is 9.55. The average Bonchev–Trinajstić information content (AvgIpc) is 3.56. The molecule has 2 aromatic heterocycles. The first kappa shape index (κ1) is 29.6. The van der Waals surface area contributed by atoms with Gasteiger partial charge in [-0.15, -0.1) is 0 Å². The number of amides is 1. The van der Waals surface area contributed by atoms with E-state index in [-0.39, 0.29) is 29.9 Å². The SMILES string of the molecule is CN(C(=O)Oc1c(-c2cnn(CC#Cc3cnn(C4CNC4)c3)c2)cc(C(F)(F)F)cc1C(F)(F)F)c1ccc(F)cc1. The number of carbonyl (C=O) groups excluding carboxylic acids is 1. The number of rotatable bonds is 5. The monoisotopic (exact) mass is 606 g/mol. The standard InChI is InChI=1S/C28H21F7N6O2/c1-39(21-6-4-20(29)5-7-21)26(42)43-25-23(9-19(27(30,31)32)10-24(25)28(33,34)35)18-12-37-40(16-18)8-2-3-17-11-38-41(15-17)22-13-36-14-22/h4-7,9-12,15-16,22,36H,8,13-14H2,1H3. The van der Waals surface area contributed by atoms with Crippen molar-refractivity contribution in [3.63, 3.8) is 0 Å². The predicted molar refractivity (Wildman–Crippen MR) is 140 cm³/mol. The average molecular weight is 607 g/mol. The van der Waals surface area contributed by atoms with Crippen molar-refractivity contribution < 1.29 is 40.3 Å². The smallest absolute Gasteiger partial charge is 0.409 e. The molecule has 43 heavy (non-hydrogen) atoms. The van der Waals surface area contributed by atoms with Gasteiger partial charge in [-0.2, -0.15) is 36.5 Å². The minimum atomic E-state index is -5.33. The van der Waals surface area contributed by atoms with E-state index in [2.05, 4.69) is 27.4 Å². The van der Waals surface area contributed by atoms with Crippen molar-refractivity contribution in [2.24, 2.45) is 0 Å². The Balaban J connectivity index is 1.48. The van der Waals surface area contributed by atoms with Crippen molar-refractivity contribution in [1.29, 1.82) is 0 Å². The number of hydrogen-bond donors (Lipinski definition) is 1. The number of nitrogens with zero attached hydrogens (tertiary/aromatic N) is 5. The summed E-state index contributed by atoms with van der Waals surface area (Å²) in [7, 11) is 1.15. The Kier molecular flexibility index (Phi) is 7.89. The molecule has 1 fully saturated rings. The normalized spacial score (nSPS) is 13.7. The summed E-state index contributed by atoms with van der Waals surface area (Å²) in [6, 6.07) is 4.94. The zero-order chi connectivity index (χ0) is 30.9. The minimum Gasteiger partial charge on any atom is -0.409 e. The quantitative estimate of drug-likeness (QED) is 0.231. The van der Waals surface area contributed by atoms with Crippen LogP contribution in [0.15, 0.2) is 61.2 Å². The van der Waals surface area contributed by atoms with Crippen molar-refractivity contribution in [3.05, 3.63) is 83.7 Å². The lowest BCUT2D eigenvalue weighted by Crippen LogP contribution is -2.43. The number of benzene rings is 2. The molecule has 4 aromatic rings. The molecule has 15 heteroatoms. The van der Waals surface area contributed by atoms with E-state index in [1.165, 1.54) is 23.0 Å². The second kappa shape index (κ2) is 11.4. The summed E-state index contributed by atoms with van der Waals surface area (Å²) < 4.78 is 105. The maximum atomic E-state index is 14.1. The Morgan fingerprint density at radius 2 is 1.77 bits per heavy atom. The van der Waals surface area contributed by atoms with Crippen LogP contribution in [0.5, 0.6) is 5.75 Å². The van der Waals surface area contributed by atoms with Crippen LogP contribution in [0.1, 0.15) is 22.7 Å². The van der Waals surface area contributed by atoms with E-state index in [1.54, 1.807) is 17.1 Å². The van der Waals surface area contributed by atoms with E-state index in [1.807, 2.05) is 0 Å². The topological polar surface area (TPSA) is 77.2 Å². The van der Waals surface area contributed by atoms with E-state index < -0.39 is 46.7 Å². The van der Waals surface area contributed by atoms with Gasteiger partial charge < -0.3 is 10.1 Å². The largest absolute Gasteiger partial charge is 0.420 e. The third-order valence-corrected chi connectivity index (χ3v) is 6.55. The Hall–Kier alpha value is -4.84. The fourth-order valence-electron chi connectivity index (χ4n) is 4.13. The lowest BCUT2D eigenvalue weighted by atomic mass is 9.99. The summed E-state index contributed by atoms with van der Waals surface area (Å²) in [4.78, 5) is 13.6. The van der Waals surface area contributed by atoms with E-state index in [0.29, 0.717) is 11.6 Å². The predicted octanol–water partition coefficient (Wildman–Crippen LogP) is 5.75. The first-order chi connectivity index (χ1) is 20.3. The number of anilines is 1. The highest BCUT2D eigenvalue weighted by Crippen LogP contribution is 2.46. The lowest BCUT2D eigenvalue weighted by molar-refractivity contribution is -0.143. The summed E-state index contributed by atoms with van der Waals surface area (Å²) in [5.74, 6) is 3.93. The molecule has 0 bridgehead atoms. The molecule has 0 spiro atoms. The molecule has 5 rings (SSSR count). The van der Waals surface area contributed by atoms with Gasteiger partial charge in [0.25, 0.3) is 0 Å². The van der Waals surface area contributed by atoms with Gasteiger partial charge in [-0.1, -0.05) is 11.8 Å². The highest BCUT2D eigenvalue weighted by molar-refractivity contribution is 5.90. The van der Waals surface area contributed by atoms with Crippen molar-refractivity contribution in [2.45, 2.75) is 24.9 Å². The first-order valence-corrected chi connectivity index (χ1v) is 12.6. The summed E-state index contributed by atoms with van der Waals surface area (Å²) in [5.41, 5.74) is -3.59. The molecule has 224 valence electrons. The highest BCUT2D eigenvalue weighted by Gasteiger charge is 2.41. The zero-order valence-electron chi connectivity index (χ0n) is 22.2. The van der Waals surface area contributed by atoms with Crippen LogP contribution >= 0.6 is 0 Å². The molecule has 0 unspecified atom stereocenters. The third kappa shape index (κ3) is 6.64. The summed E-state index contributed by atoms with van der Waals surface area (Å²) in [6.07, 6.45) is -6.27. The molecule has 1 aliphatic heterocycles. The first-order valence-electron chi connectivity index (χ1n) is 12.6. The molecule has 1 amide bonds. The lowest BCUT2D eigenvalue weighted by Gasteiger charge is -2.26. The van der Waals surface area contributed by atoms with Gasteiger partial charge in [-0.05, 0) is 36.4 Å². The Bertz CT molecular complexity index is 1690. The molecule has 2 aromatic carbocycles. The van der Waals surface area contributed by atoms with Crippen LogP contribution in [0, 0.1) is 17.7 Å². The molecule has 0 atom stereocenters. The van der Waals surface area contributed by atoms with Gasteiger partial charge in [0.1, 0.15) is 12.4 Å². The molecule has 0 radical (unpaired) electrons. The number of halogens is 7. The van der Waals surface area contributed by atoms with Crippen LogP contribution < -0.4 is 15.0 Å². The van der Waals surface area contributed by atoms with E-state index >= 15 is 0 Å². The van der Waals surface area contributed by atoms with Crippen LogP contribution in [0.25, 0.3) is 11.1 Å². The third-order valence-electron chi connectivity index (χ3n) is 6.55. The summed E-state index contributed by atoms with van der Waals surface area (Å²) in [6.45, 7) is 1.52. The van der Waals surface area contributed by atoms with E-state index in [9.17, 15) is 35.5 Å². The van der Waals surface area contributed by atoms with Gasteiger partial charge in [0.05, 0.1) is 35.1 Å². The van der Waals surface area contributed by atoms with Crippen LogP contribution in [-0.4, -0.2) is 45.8 Å². The van der Waals surface area contributed by atoms with Crippen LogP contribution in [0.2, 0.25) is 0 Å². The minimum absolute atomic E-state index is 0.0519. The Morgan fingerprint density at radius 1 is 1.05 bits per heavy atom. The summed E-state index contributed by atoms with van der Waals surface area (Å²) in [5, 5.41) is 11.4. The Labute approximate surface area is 239 Å². The second-order valence-electron chi connectivity index (χ2n) is 9.55. The van der Waals surface area contributed by atoms with Crippen molar-refractivity contribution >= 4 is 11.8 Å². The Morgan fingerprint density at radius 3 is 2.40 bits per heavy atom. The van der Waals surface area contributed by atoms with Gasteiger partial charge in [-0.3, -0.25) is 14.3 Å². The van der Waals surface area contributed by atoms with Crippen LogP contribution in [0.3, 0.4) is 0 Å². The number of ether oxygens (including phenoxy) is 1. The van der Waals surface area contributed by atoms with Crippen LogP contribution in [-0.2, 0) is 18.9 Å². The van der Waals surface area contributed by atoms with Gasteiger partial charge in [0.2, 0.25) is 0 Å². The molecule has 0 aliphatic carbocycles. The number of hydrogen-bond acceptors (Lipinski definition) is 5. The van der Waals surface area contributed by atoms with Crippen molar-refractivity contribution in [2.75, 3.05) is 25.0 Å². The molecule has 3 heterocycles. The summed E-state index contributed by atoms with van der Waals surface area (Å²) >= 11 is 0. The van der Waals surface area contributed by atoms with Crippen molar-refractivity contribution in [3.8, 4) is 28.7 Å². The molecule has 1 N–H and O–H groups in total. The fourth-order valence-corrected chi connectivity index (χ4v) is 4.13. The number of nitrogens with one attached hydrogen (secondary N) is 1. The fraction of sp³-hybridized carbons (Fsp3) is 0.250. The maximum Gasteiger partial charge on any atom is 0.420 e. The molecule has 0 saturated carbocycles. The van der Waals surface area contributed by atoms with Gasteiger partial charge >= 0.3 is 18.4 Å². The van der Waals surface area contributed by atoms with Gasteiger partial charge in [0.15, 0.2) is 5.75 Å².